The molecule has 2 heteroatoms. The number of carbonyl (C=O) groups is 1. The Kier molecular flexibility index (Phi) is 3.76. The molecule has 1 rings (SSSR count). The smallest absolute Gasteiger partial charge is 0.188 e. The molecular weight excluding hydrogens is 212 g/mol. The Labute approximate surface area is 103 Å². The molecule has 0 aliphatic rings. The molecule has 0 N–H and O–H groups in total. The first-order chi connectivity index (χ1) is 7.77. The van der Waals surface area contributed by atoms with E-state index in [1.165, 1.54) is 0 Å². The minimum atomic E-state index is -0.0588. The summed E-state index contributed by atoms with van der Waals surface area (Å²) in [6, 6.07) is 5.53. The van der Waals surface area contributed by atoms with Gasteiger partial charge in [0.05, 0.1) is 7.11 Å². The Morgan fingerprint density at radius 1 is 1.29 bits per heavy atom. The minimum absolute atomic E-state index is 0.0156. The molecule has 92 valence electrons. The fourth-order valence-electron chi connectivity index (χ4n) is 1.68. The standard InChI is InChI=1S/C15H20O2/c1-10(2)14(16)11-7-8-13(17-6)12(9-11)15(3,4)5/h7-9H,1H2,2-6H3. The molecule has 0 heterocycles. The van der Waals surface area contributed by atoms with Gasteiger partial charge >= 0.3 is 0 Å². The zero-order valence-electron chi connectivity index (χ0n) is 11.3. The van der Waals surface area contributed by atoms with Crippen molar-refractivity contribution in [3.8, 4) is 5.75 Å². The van der Waals surface area contributed by atoms with Gasteiger partial charge in [-0.2, -0.15) is 0 Å². The van der Waals surface area contributed by atoms with Crippen LogP contribution >= 0.6 is 0 Å². The predicted molar refractivity (Wildman–Crippen MR) is 70.8 cm³/mol. The van der Waals surface area contributed by atoms with Crippen molar-refractivity contribution >= 4 is 5.78 Å². The van der Waals surface area contributed by atoms with Crippen LogP contribution < -0.4 is 4.74 Å². The van der Waals surface area contributed by atoms with Crippen LogP contribution in [0.1, 0.15) is 43.6 Å². The second kappa shape index (κ2) is 4.74. The lowest BCUT2D eigenvalue weighted by atomic mass is 9.84. The predicted octanol–water partition coefficient (Wildman–Crippen LogP) is 3.75. The molecule has 2 nitrogen and oxygen atoms in total. The van der Waals surface area contributed by atoms with Crippen molar-refractivity contribution in [3.63, 3.8) is 0 Å². The third-order valence-corrected chi connectivity index (χ3v) is 2.66. The van der Waals surface area contributed by atoms with E-state index in [2.05, 4.69) is 27.4 Å². The van der Waals surface area contributed by atoms with Gasteiger partial charge in [-0.3, -0.25) is 4.79 Å². The number of hydrogen-bond acceptors (Lipinski definition) is 2. The summed E-state index contributed by atoms with van der Waals surface area (Å²) >= 11 is 0. The van der Waals surface area contributed by atoms with Gasteiger partial charge in [0.25, 0.3) is 0 Å². The molecular formula is C15H20O2. The Bertz CT molecular complexity index is 450. The van der Waals surface area contributed by atoms with E-state index in [1.807, 2.05) is 12.1 Å². The van der Waals surface area contributed by atoms with Gasteiger partial charge in [0.2, 0.25) is 0 Å². The lowest BCUT2D eigenvalue weighted by Gasteiger charge is -2.22. The van der Waals surface area contributed by atoms with E-state index in [1.54, 1.807) is 20.1 Å². The highest BCUT2D eigenvalue weighted by molar-refractivity contribution is 6.08. The van der Waals surface area contributed by atoms with Gasteiger partial charge in [-0.25, -0.2) is 0 Å². The highest BCUT2D eigenvalue weighted by Gasteiger charge is 2.20. The molecule has 0 radical (unpaired) electrons. The maximum Gasteiger partial charge on any atom is 0.188 e. The van der Waals surface area contributed by atoms with Crippen LogP contribution in [0.5, 0.6) is 5.75 Å². The third-order valence-electron chi connectivity index (χ3n) is 2.66. The fourth-order valence-corrected chi connectivity index (χ4v) is 1.68. The molecule has 0 saturated heterocycles. The number of hydrogen-bond donors (Lipinski definition) is 0. The van der Waals surface area contributed by atoms with Crippen LogP contribution in [0.4, 0.5) is 0 Å². The molecule has 0 amide bonds. The second-order valence-electron chi connectivity index (χ2n) is 5.27. The largest absolute Gasteiger partial charge is 0.496 e. The van der Waals surface area contributed by atoms with Crippen LogP contribution in [-0.2, 0) is 5.41 Å². The van der Waals surface area contributed by atoms with E-state index < -0.39 is 0 Å². The lowest BCUT2D eigenvalue weighted by Crippen LogP contribution is -2.14. The first-order valence-electron chi connectivity index (χ1n) is 5.66. The van der Waals surface area contributed by atoms with Gasteiger partial charge in [0, 0.05) is 11.1 Å². The van der Waals surface area contributed by atoms with E-state index in [4.69, 9.17) is 4.74 Å². The molecule has 1 aromatic carbocycles. The number of methoxy groups -OCH3 is 1. The third kappa shape index (κ3) is 2.96. The average Bonchev–Trinajstić information content (AvgIpc) is 2.25. The van der Waals surface area contributed by atoms with Gasteiger partial charge in [0.15, 0.2) is 5.78 Å². The van der Waals surface area contributed by atoms with Crippen molar-refractivity contribution in [2.75, 3.05) is 7.11 Å². The topological polar surface area (TPSA) is 26.3 Å². The van der Waals surface area contributed by atoms with Gasteiger partial charge < -0.3 is 4.74 Å². The summed E-state index contributed by atoms with van der Waals surface area (Å²) in [4.78, 5) is 11.9. The van der Waals surface area contributed by atoms with E-state index in [0.717, 1.165) is 11.3 Å². The van der Waals surface area contributed by atoms with Gasteiger partial charge in [-0.1, -0.05) is 27.4 Å². The summed E-state index contributed by atoms with van der Waals surface area (Å²) < 4.78 is 5.33. The van der Waals surface area contributed by atoms with Gasteiger partial charge in [-0.15, -0.1) is 0 Å². The molecule has 0 fully saturated rings. The Hall–Kier alpha value is -1.57. The van der Waals surface area contributed by atoms with Crippen LogP contribution in [0.2, 0.25) is 0 Å². The van der Waals surface area contributed by atoms with Crippen molar-refractivity contribution in [2.24, 2.45) is 0 Å². The second-order valence-corrected chi connectivity index (χ2v) is 5.27. The Morgan fingerprint density at radius 3 is 2.29 bits per heavy atom. The fraction of sp³-hybridized carbons (Fsp3) is 0.400. The summed E-state index contributed by atoms with van der Waals surface area (Å²) in [7, 11) is 1.64. The Morgan fingerprint density at radius 2 is 1.88 bits per heavy atom. The molecule has 1 aromatic rings. The normalized spacial score (nSPS) is 11.1. The first kappa shape index (κ1) is 13.5. The van der Waals surface area contributed by atoms with E-state index in [-0.39, 0.29) is 11.2 Å². The molecule has 0 aliphatic heterocycles. The van der Waals surface area contributed by atoms with Crippen LogP contribution in [-0.4, -0.2) is 12.9 Å². The number of benzene rings is 1. The molecule has 0 aliphatic carbocycles. The number of rotatable bonds is 3. The molecule has 0 spiro atoms. The lowest BCUT2D eigenvalue weighted by molar-refractivity contribution is 0.103. The molecule has 0 aromatic heterocycles. The molecule has 0 bridgehead atoms. The summed E-state index contributed by atoms with van der Waals surface area (Å²) in [5, 5.41) is 0. The summed E-state index contributed by atoms with van der Waals surface area (Å²) in [5.74, 6) is 0.800. The summed E-state index contributed by atoms with van der Waals surface area (Å²) in [6.45, 7) is 11.7. The zero-order chi connectivity index (χ0) is 13.2. The quantitative estimate of drug-likeness (QED) is 0.586. The molecule has 0 unspecified atom stereocenters. The maximum atomic E-state index is 11.9. The van der Waals surface area contributed by atoms with E-state index >= 15 is 0 Å². The highest BCUT2D eigenvalue weighted by atomic mass is 16.5. The van der Waals surface area contributed by atoms with Gasteiger partial charge in [-0.05, 0) is 36.1 Å². The minimum Gasteiger partial charge on any atom is -0.496 e. The van der Waals surface area contributed by atoms with Crippen molar-refractivity contribution < 1.29 is 9.53 Å². The molecule has 17 heavy (non-hydrogen) atoms. The van der Waals surface area contributed by atoms with Crippen LogP contribution in [0.25, 0.3) is 0 Å². The van der Waals surface area contributed by atoms with Crippen molar-refractivity contribution in [3.05, 3.63) is 41.5 Å². The molecule has 0 atom stereocenters. The van der Waals surface area contributed by atoms with E-state index in [9.17, 15) is 4.79 Å². The number of ketones is 1. The first-order valence-corrected chi connectivity index (χ1v) is 5.66. The monoisotopic (exact) mass is 232 g/mol. The average molecular weight is 232 g/mol. The van der Waals surface area contributed by atoms with Crippen molar-refractivity contribution in [2.45, 2.75) is 33.1 Å². The van der Waals surface area contributed by atoms with Crippen LogP contribution in [0.3, 0.4) is 0 Å². The summed E-state index contributed by atoms with van der Waals surface area (Å²) in [6.07, 6.45) is 0. The summed E-state index contributed by atoms with van der Waals surface area (Å²) in [5.41, 5.74) is 2.20. The highest BCUT2D eigenvalue weighted by Crippen LogP contribution is 2.32. The zero-order valence-corrected chi connectivity index (χ0v) is 11.3. The number of allylic oxidation sites excluding steroid dienone is 1. The SMILES string of the molecule is C=C(C)C(=O)c1ccc(OC)c(C(C)(C)C)c1. The Balaban J connectivity index is 3.32. The van der Waals surface area contributed by atoms with Crippen LogP contribution in [0, 0.1) is 0 Å². The van der Waals surface area contributed by atoms with Gasteiger partial charge in [0.1, 0.15) is 5.75 Å². The number of carbonyl (C=O) groups excluding carboxylic acids is 1. The van der Waals surface area contributed by atoms with Crippen molar-refractivity contribution in [1.82, 2.24) is 0 Å². The number of Topliss-reactive ketones (excluding diaryl/α,β-unsaturated/α-hetero) is 1. The maximum absolute atomic E-state index is 11.9. The number of ether oxygens (including phenoxy) is 1. The van der Waals surface area contributed by atoms with Crippen LogP contribution in [0.15, 0.2) is 30.4 Å². The van der Waals surface area contributed by atoms with Crippen molar-refractivity contribution in [1.29, 1.82) is 0 Å². The molecule has 0 saturated carbocycles. The van der Waals surface area contributed by atoms with E-state index in [0.29, 0.717) is 11.1 Å².